The Morgan fingerprint density at radius 1 is 0.582 bits per heavy atom. The van der Waals surface area contributed by atoms with Crippen molar-refractivity contribution in [2.45, 2.75) is 142 Å². The molecule has 0 aliphatic heterocycles. The Balaban J connectivity index is 1.21. The Bertz CT molecular complexity index is 2730. The zero-order chi connectivity index (χ0) is 57.5. The van der Waals surface area contributed by atoms with Crippen molar-refractivity contribution in [1.82, 2.24) is 16.0 Å². The van der Waals surface area contributed by atoms with Crippen LogP contribution >= 0.6 is 0 Å². The second-order valence-electron chi connectivity index (χ2n) is 22.5. The molecule has 0 fully saturated rings. The van der Waals surface area contributed by atoms with Gasteiger partial charge in [-0.15, -0.1) is 0 Å². The van der Waals surface area contributed by atoms with Crippen LogP contribution in [0.4, 0.5) is 0 Å². The summed E-state index contributed by atoms with van der Waals surface area (Å²) < 4.78 is 23.2. The van der Waals surface area contributed by atoms with Crippen LogP contribution in [0.2, 0.25) is 0 Å². The number of ketones is 2. The van der Waals surface area contributed by atoms with Crippen LogP contribution in [0.3, 0.4) is 0 Å². The SMILES string of the molecule is CC[C@H](C)[C@H](CC(=O)OCC1c2ccccc2-c2ccccc21)C(=O)N[C@H](C(=O)CCC(=O)N[C@@H](CC(=O)NC(c1ccccc1)(c1ccccc1)c1ccccc1)C(=O)C[C@@H](COC(C)(C)C)C(=O)OC)[C@@H](C)OC(C)(C)C. The minimum absolute atomic E-state index is 0.0891. The van der Waals surface area contributed by atoms with Crippen LogP contribution in [-0.2, 0) is 58.0 Å². The third kappa shape index (κ3) is 16.4. The van der Waals surface area contributed by atoms with Crippen molar-refractivity contribution in [3.63, 3.8) is 0 Å². The predicted octanol–water partition coefficient (Wildman–Crippen LogP) is 9.98. The Kier molecular flexibility index (Phi) is 21.2. The molecule has 14 heteroatoms. The molecule has 1 aliphatic carbocycles. The molecule has 0 spiro atoms. The number of nitrogens with one attached hydrogen (secondary N) is 3. The number of carbonyl (C=O) groups excluding carboxylic acids is 7. The minimum Gasteiger partial charge on any atom is -0.469 e. The maximum absolute atomic E-state index is 14.8. The average molecular weight is 1080 g/mol. The molecule has 0 saturated heterocycles. The molecule has 6 rings (SSSR count). The maximum Gasteiger partial charge on any atom is 0.311 e. The van der Waals surface area contributed by atoms with E-state index in [0.29, 0.717) is 6.42 Å². The average Bonchev–Trinajstić information content (AvgIpc) is 4.02. The molecule has 0 radical (unpaired) electrons. The first-order valence-electron chi connectivity index (χ1n) is 27.4. The standard InChI is InChI=1S/C65H79N3O11/c1-11-42(2)52(38-59(73)77-41-53-50-33-23-21-31-48(50)49-32-22-24-34-51(49)53)61(74)67-60(43(3)79-64(7,8)9)55(69)35-36-57(71)66-54(56(70)37-44(62(75)76-10)40-78-63(4,5)6)39-58(72)68-65(45-25-15-12-16-26-45,46-27-17-13-18-28-46)47-29-19-14-20-30-47/h12-34,42-44,52-54,60H,11,35-41H2,1-10H3,(H,66,71)(H,67,74)(H,68,72)/t42-,43+,44-,52-,54-,60-/m0/s1. The fraction of sp³-hybridized carbons (Fsp3) is 0.431. The Labute approximate surface area is 466 Å². The lowest BCUT2D eigenvalue weighted by atomic mass is 9.76. The fourth-order valence-electron chi connectivity index (χ4n) is 10.3. The van der Waals surface area contributed by atoms with Crippen molar-refractivity contribution in [2.75, 3.05) is 20.3 Å². The molecule has 3 amide bonds. The first-order chi connectivity index (χ1) is 37.5. The summed E-state index contributed by atoms with van der Waals surface area (Å²) in [6.45, 7) is 16.2. The Morgan fingerprint density at radius 2 is 1.09 bits per heavy atom. The summed E-state index contributed by atoms with van der Waals surface area (Å²) in [5.41, 5.74) is 3.82. The van der Waals surface area contributed by atoms with Crippen molar-refractivity contribution in [3.05, 3.63) is 167 Å². The van der Waals surface area contributed by atoms with Gasteiger partial charge in [0.15, 0.2) is 11.6 Å². The highest BCUT2D eigenvalue weighted by Crippen LogP contribution is 2.45. The molecular formula is C65H79N3O11. The highest BCUT2D eigenvalue weighted by molar-refractivity contribution is 5.97. The molecule has 0 heterocycles. The summed E-state index contributed by atoms with van der Waals surface area (Å²) in [4.78, 5) is 99.2. The third-order valence-corrected chi connectivity index (χ3v) is 14.4. The summed E-state index contributed by atoms with van der Waals surface area (Å²) in [7, 11) is 1.20. The van der Waals surface area contributed by atoms with Gasteiger partial charge in [0.1, 0.15) is 18.2 Å². The lowest BCUT2D eigenvalue weighted by molar-refractivity contribution is -0.152. The number of rotatable bonds is 27. The molecule has 420 valence electrons. The number of methoxy groups -OCH3 is 1. The molecule has 3 N–H and O–H groups in total. The van der Waals surface area contributed by atoms with Gasteiger partial charge in [-0.2, -0.15) is 0 Å². The zero-order valence-electron chi connectivity index (χ0n) is 47.5. The van der Waals surface area contributed by atoms with E-state index in [2.05, 4.69) is 28.1 Å². The van der Waals surface area contributed by atoms with Gasteiger partial charge in [0.2, 0.25) is 17.7 Å². The van der Waals surface area contributed by atoms with Gasteiger partial charge in [-0.05, 0) is 93.3 Å². The minimum atomic E-state index is -1.47. The molecule has 0 aromatic heterocycles. The normalized spacial score (nSPS) is 14.7. The van der Waals surface area contributed by atoms with E-state index in [1.165, 1.54) is 7.11 Å². The topological polar surface area (TPSA) is 192 Å². The summed E-state index contributed by atoms with van der Waals surface area (Å²) >= 11 is 0. The van der Waals surface area contributed by atoms with Crippen molar-refractivity contribution in [3.8, 4) is 11.1 Å². The van der Waals surface area contributed by atoms with Crippen LogP contribution in [0.1, 0.15) is 135 Å². The molecule has 6 atom stereocenters. The van der Waals surface area contributed by atoms with Crippen LogP contribution in [-0.4, -0.2) is 90.9 Å². The van der Waals surface area contributed by atoms with E-state index in [9.17, 15) is 33.6 Å². The monoisotopic (exact) mass is 1080 g/mol. The van der Waals surface area contributed by atoms with E-state index in [-0.39, 0.29) is 31.5 Å². The number of carbonyl (C=O) groups is 7. The maximum atomic E-state index is 14.8. The van der Waals surface area contributed by atoms with Gasteiger partial charge in [-0.3, -0.25) is 33.6 Å². The highest BCUT2D eigenvalue weighted by atomic mass is 16.5. The molecule has 14 nitrogen and oxygen atoms in total. The number of ether oxygens (including phenoxy) is 4. The predicted molar refractivity (Wildman–Crippen MR) is 303 cm³/mol. The fourth-order valence-corrected chi connectivity index (χ4v) is 10.3. The lowest BCUT2D eigenvalue weighted by Crippen LogP contribution is -2.53. The van der Waals surface area contributed by atoms with Crippen molar-refractivity contribution in [1.29, 1.82) is 0 Å². The summed E-state index contributed by atoms with van der Waals surface area (Å²) in [6, 6.07) is 41.5. The molecule has 0 saturated carbocycles. The van der Waals surface area contributed by atoms with E-state index >= 15 is 0 Å². The van der Waals surface area contributed by atoms with Crippen LogP contribution in [0.5, 0.6) is 0 Å². The van der Waals surface area contributed by atoms with Gasteiger partial charge in [0.25, 0.3) is 0 Å². The first-order valence-corrected chi connectivity index (χ1v) is 27.4. The molecule has 5 aromatic rings. The van der Waals surface area contributed by atoms with Gasteiger partial charge in [0.05, 0.1) is 61.7 Å². The van der Waals surface area contributed by atoms with Gasteiger partial charge < -0.3 is 34.9 Å². The largest absolute Gasteiger partial charge is 0.469 e. The van der Waals surface area contributed by atoms with Crippen LogP contribution in [0.25, 0.3) is 11.1 Å². The number of fused-ring (bicyclic) bond motifs is 3. The lowest BCUT2D eigenvalue weighted by Gasteiger charge is -2.37. The van der Waals surface area contributed by atoms with Gasteiger partial charge >= 0.3 is 11.9 Å². The van der Waals surface area contributed by atoms with E-state index in [1.54, 1.807) is 27.7 Å². The number of amides is 3. The number of hydrogen-bond acceptors (Lipinski definition) is 11. The molecule has 79 heavy (non-hydrogen) atoms. The molecule has 0 bridgehead atoms. The Morgan fingerprint density at radius 3 is 1.57 bits per heavy atom. The van der Waals surface area contributed by atoms with Gasteiger partial charge in [-0.25, -0.2) is 0 Å². The summed E-state index contributed by atoms with van der Waals surface area (Å²) in [5, 5.41) is 8.88. The van der Waals surface area contributed by atoms with Gasteiger partial charge in [0, 0.05) is 25.2 Å². The zero-order valence-corrected chi connectivity index (χ0v) is 47.5. The second-order valence-corrected chi connectivity index (χ2v) is 22.5. The summed E-state index contributed by atoms with van der Waals surface area (Å²) in [6.07, 6.45) is -2.39. The first kappa shape index (κ1) is 60.9. The quantitative estimate of drug-likeness (QED) is 0.0335. The van der Waals surface area contributed by atoms with Crippen molar-refractivity contribution < 1.29 is 52.5 Å². The van der Waals surface area contributed by atoms with Crippen LogP contribution < -0.4 is 16.0 Å². The second kappa shape index (κ2) is 27.5. The number of esters is 2. The molecule has 0 unspecified atom stereocenters. The van der Waals surface area contributed by atoms with Crippen molar-refractivity contribution >= 4 is 41.2 Å². The highest BCUT2D eigenvalue weighted by Gasteiger charge is 2.41. The van der Waals surface area contributed by atoms with E-state index in [0.717, 1.165) is 38.9 Å². The molecule has 1 aliphatic rings. The van der Waals surface area contributed by atoms with E-state index < -0.39 is 114 Å². The molecular weight excluding hydrogens is 999 g/mol. The number of benzene rings is 5. The van der Waals surface area contributed by atoms with Crippen molar-refractivity contribution in [2.24, 2.45) is 17.8 Å². The summed E-state index contributed by atoms with van der Waals surface area (Å²) in [5.74, 6) is -6.71. The van der Waals surface area contributed by atoms with E-state index in [1.807, 2.05) is 162 Å². The number of hydrogen-bond donors (Lipinski definition) is 3. The third-order valence-electron chi connectivity index (χ3n) is 14.4. The van der Waals surface area contributed by atoms with Crippen LogP contribution in [0, 0.1) is 17.8 Å². The smallest absolute Gasteiger partial charge is 0.311 e. The van der Waals surface area contributed by atoms with Gasteiger partial charge in [-0.1, -0.05) is 160 Å². The number of Topliss-reactive ketones (excluding diaryl/α,β-unsaturated/α-hetero) is 2. The van der Waals surface area contributed by atoms with Crippen LogP contribution in [0.15, 0.2) is 140 Å². The Hall–Kier alpha value is -7.29. The van der Waals surface area contributed by atoms with E-state index in [4.69, 9.17) is 18.9 Å². The molecule has 5 aromatic carbocycles.